The summed E-state index contributed by atoms with van der Waals surface area (Å²) < 4.78 is 0. The number of aliphatic hydroxyl groups excluding tert-OH is 4. The molecule has 128 valence electrons. The van der Waals surface area contributed by atoms with Crippen LogP contribution in [0.3, 0.4) is 0 Å². The third-order valence-corrected chi connectivity index (χ3v) is 7.60. The van der Waals surface area contributed by atoms with E-state index in [0.29, 0.717) is 18.6 Å². The van der Waals surface area contributed by atoms with E-state index in [2.05, 4.69) is 13.8 Å². The summed E-state index contributed by atoms with van der Waals surface area (Å²) in [7, 11) is 0. The van der Waals surface area contributed by atoms with Gasteiger partial charge in [0.25, 0.3) is 0 Å². The highest BCUT2D eigenvalue weighted by Gasteiger charge is 2.59. The van der Waals surface area contributed by atoms with Gasteiger partial charge in [0.05, 0.1) is 18.3 Å². The second kappa shape index (κ2) is 4.84. The highest BCUT2D eigenvalue weighted by Crippen LogP contribution is 2.64. The maximum Gasteiger partial charge on any atom is 0.115 e. The van der Waals surface area contributed by atoms with Crippen molar-refractivity contribution in [3.05, 3.63) is 23.0 Å². The van der Waals surface area contributed by atoms with Crippen LogP contribution in [0.15, 0.2) is 23.0 Å². The fourth-order valence-corrected chi connectivity index (χ4v) is 6.05. The maximum absolute atomic E-state index is 10.7. The van der Waals surface area contributed by atoms with Gasteiger partial charge in [-0.05, 0) is 67.4 Å². The molecule has 0 unspecified atom stereocenters. The topological polar surface area (TPSA) is 80.9 Å². The molecule has 0 aromatic heterocycles. The van der Waals surface area contributed by atoms with Gasteiger partial charge in [-0.25, -0.2) is 0 Å². The molecule has 0 radical (unpaired) electrons. The molecule has 4 heteroatoms. The molecule has 7 atom stereocenters. The first-order valence-electron chi connectivity index (χ1n) is 8.95. The monoisotopic (exact) mass is 320 g/mol. The normalized spacial score (nSPS) is 52.6. The first-order chi connectivity index (χ1) is 10.8. The Balaban J connectivity index is 1.80. The highest BCUT2D eigenvalue weighted by molar-refractivity contribution is 5.42. The van der Waals surface area contributed by atoms with Gasteiger partial charge >= 0.3 is 0 Å². The zero-order valence-electron chi connectivity index (χ0n) is 14.0. The second-order valence-corrected chi connectivity index (χ2v) is 8.72. The molecule has 4 N–H and O–H groups in total. The SMILES string of the molecule is C[C@]12CC[C@H]3C(=C(O)C=C4C[C@@H](O)CC[C@@]43C)[C@@H]1C[C@@H](O)[C@@H]2O. The summed E-state index contributed by atoms with van der Waals surface area (Å²) in [5.41, 5.74) is 1.89. The summed E-state index contributed by atoms with van der Waals surface area (Å²) in [5, 5.41) is 41.4. The fraction of sp³-hybridized carbons (Fsp3) is 0.789. The zero-order chi connectivity index (χ0) is 16.6. The van der Waals surface area contributed by atoms with Gasteiger partial charge < -0.3 is 20.4 Å². The minimum atomic E-state index is -0.708. The summed E-state index contributed by atoms with van der Waals surface area (Å²) in [6.07, 6.45) is 4.91. The van der Waals surface area contributed by atoms with E-state index in [4.69, 9.17) is 0 Å². The van der Waals surface area contributed by atoms with E-state index >= 15 is 0 Å². The summed E-state index contributed by atoms with van der Waals surface area (Å²) in [5.74, 6) is 0.645. The number of hydrogen-bond donors (Lipinski definition) is 4. The van der Waals surface area contributed by atoms with Crippen LogP contribution in [-0.4, -0.2) is 38.7 Å². The molecule has 4 aliphatic carbocycles. The minimum absolute atomic E-state index is 0.000613. The Morgan fingerprint density at radius 1 is 1.04 bits per heavy atom. The van der Waals surface area contributed by atoms with Crippen LogP contribution in [0.5, 0.6) is 0 Å². The Labute approximate surface area is 137 Å². The third-order valence-electron chi connectivity index (χ3n) is 7.60. The van der Waals surface area contributed by atoms with Crippen molar-refractivity contribution < 1.29 is 20.4 Å². The molecule has 4 nitrogen and oxygen atoms in total. The van der Waals surface area contributed by atoms with Crippen molar-refractivity contribution in [1.29, 1.82) is 0 Å². The van der Waals surface area contributed by atoms with Crippen LogP contribution < -0.4 is 0 Å². The van der Waals surface area contributed by atoms with Crippen LogP contribution in [0.1, 0.15) is 52.4 Å². The van der Waals surface area contributed by atoms with Crippen molar-refractivity contribution in [1.82, 2.24) is 0 Å². The van der Waals surface area contributed by atoms with E-state index in [-0.39, 0.29) is 28.8 Å². The highest BCUT2D eigenvalue weighted by atomic mass is 16.3. The first kappa shape index (κ1) is 15.7. The molecule has 0 amide bonds. The molecule has 0 aromatic carbocycles. The number of hydrogen-bond acceptors (Lipinski definition) is 4. The van der Waals surface area contributed by atoms with Gasteiger partial charge in [-0.15, -0.1) is 0 Å². The molecule has 0 saturated heterocycles. The van der Waals surface area contributed by atoms with E-state index in [9.17, 15) is 20.4 Å². The van der Waals surface area contributed by atoms with Crippen molar-refractivity contribution in [3.63, 3.8) is 0 Å². The van der Waals surface area contributed by atoms with Gasteiger partial charge in [-0.2, -0.15) is 0 Å². The van der Waals surface area contributed by atoms with Crippen LogP contribution in [0.2, 0.25) is 0 Å². The Bertz CT molecular complexity index is 594. The van der Waals surface area contributed by atoms with E-state index < -0.39 is 12.2 Å². The number of aliphatic hydroxyl groups is 4. The smallest absolute Gasteiger partial charge is 0.115 e. The molecular weight excluding hydrogens is 292 g/mol. The third kappa shape index (κ3) is 1.95. The largest absolute Gasteiger partial charge is 0.508 e. The van der Waals surface area contributed by atoms with Gasteiger partial charge in [-0.1, -0.05) is 19.4 Å². The lowest BCUT2D eigenvalue weighted by Crippen LogP contribution is -2.48. The quantitative estimate of drug-likeness (QED) is 0.553. The van der Waals surface area contributed by atoms with E-state index in [0.717, 1.165) is 31.3 Å². The lowest BCUT2D eigenvalue weighted by Gasteiger charge is -2.54. The van der Waals surface area contributed by atoms with E-state index in [1.54, 1.807) is 0 Å². The van der Waals surface area contributed by atoms with Crippen LogP contribution >= 0.6 is 0 Å². The minimum Gasteiger partial charge on any atom is -0.508 e. The number of rotatable bonds is 0. The summed E-state index contributed by atoms with van der Waals surface area (Å²) in [6, 6.07) is 0. The van der Waals surface area contributed by atoms with Gasteiger partial charge in [0.1, 0.15) is 5.76 Å². The first-order valence-corrected chi connectivity index (χ1v) is 8.95. The van der Waals surface area contributed by atoms with E-state index in [1.165, 1.54) is 5.57 Å². The number of fused-ring (bicyclic) bond motifs is 5. The summed E-state index contributed by atoms with van der Waals surface area (Å²) in [6.45, 7) is 4.33. The summed E-state index contributed by atoms with van der Waals surface area (Å²) >= 11 is 0. The van der Waals surface area contributed by atoms with Gasteiger partial charge in [-0.3, -0.25) is 0 Å². The van der Waals surface area contributed by atoms with Crippen molar-refractivity contribution in [3.8, 4) is 0 Å². The molecular formula is C19H28O4. The standard InChI is InChI=1S/C19H28O4/c1-18-5-3-11(20)7-10(18)8-14(21)16-12(18)4-6-19(2)13(16)9-15(22)17(19)23/h8,11-13,15,17,20-23H,3-7,9H2,1-2H3/t11-,12-,13-,15+,17-,18-,19-/m0/s1. The van der Waals surface area contributed by atoms with Crippen LogP contribution in [-0.2, 0) is 0 Å². The average Bonchev–Trinajstić information content (AvgIpc) is 2.73. The lowest BCUT2D eigenvalue weighted by atomic mass is 9.51. The van der Waals surface area contributed by atoms with E-state index in [1.807, 2.05) is 6.08 Å². The van der Waals surface area contributed by atoms with Crippen molar-refractivity contribution in [2.45, 2.75) is 70.7 Å². The number of allylic oxidation sites excluding steroid dienone is 2. The van der Waals surface area contributed by atoms with Crippen molar-refractivity contribution in [2.24, 2.45) is 22.7 Å². The average molecular weight is 320 g/mol. The predicted octanol–water partition coefficient (Wildman–Crippen LogP) is 2.45. The molecule has 23 heavy (non-hydrogen) atoms. The Morgan fingerprint density at radius 2 is 1.78 bits per heavy atom. The lowest BCUT2D eigenvalue weighted by molar-refractivity contribution is -0.0389. The van der Waals surface area contributed by atoms with Gasteiger partial charge in [0, 0.05) is 5.41 Å². The van der Waals surface area contributed by atoms with Crippen LogP contribution in [0.4, 0.5) is 0 Å². The van der Waals surface area contributed by atoms with Crippen molar-refractivity contribution >= 4 is 0 Å². The van der Waals surface area contributed by atoms with Crippen LogP contribution in [0.25, 0.3) is 0 Å². The fourth-order valence-electron chi connectivity index (χ4n) is 6.05. The predicted molar refractivity (Wildman–Crippen MR) is 86.7 cm³/mol. The van der Waals surface area contributed by atoms with Gasteiger partial charge in [0.15, 0.2) is 0 Å². The van der Waals surface area contributed by atoms with Crippen LogP contribution in [0, 0.1) is 22.7 Å². The second-order valence-electron chi connectivity index (χ2n) is 8.72. The molecule has 4 rings (SSSR count). The molecule has 0 bridgehead atoms. The Kier molecular flexibility index (Phi) is 3.30. The Morgan fingerprint density at radius 3 is 2.52 bits per heavy atom. The maximum atomic E-state index is 10.7. The molecule has 3 saturated carbocycles. The molecule has 3 fully saturated rings. The molecule has 0 heterocycles. The summed E-state index contributed by atoms with van der Waals surface area (Å²) in [4.78, 5) is 0. The van der Waals surface area contributed by atoms with Crippen molar-refractivity contribution in [2.75, 3.05) is 0 Å². The van der Waals surface area contributed by atoms with Gasteiger partial charge in [0.2, 0.25) is 0 Å². The molecule has 0 spiro atoms. The molecule has 4 aliphatic rings. The Hall–Kier alpha value is -0.840. The molecule has 0 aromatic rings. The zero-order valence-corrected chi connectivity index (χ0v) is 14.0. The molecule has 0 aliphatic heterocycles.